The summed E-state index contributed by atoms with van der Waals surface area (Å²) in [5.74, 6) is 0.476. The third kappa shape index (κ3) is 5.67. The molecule has 0 aliphatic heterocycles. The SMILES string of the molecule is C=CCOc1ccc(CN(C)C(=O)c2cccc(S(=O)(=O)NCC)c2)cc1. The first-order valence-electron chi connectivity index (χ1n) is 8.55. The summed E-state index contributed by atoms with van der Waals surface area (Å²) < 4.78 is 32.1. The molecule has 6 nitrogen and oxygen atoms in total. The molecular weight excluding hydrogens is 364 g/mol. The summed E-state index contributed by atoms with van der Waals surface area (Å²) in [6, 6.07) is 13.5. The molecule has 0 radical (unpaired) electrons. The van der Waals surface area contributed by atoms with Gasteiger partial charge in [-0.2, -0.15) is 0 Å². The molecule has 0 saturated carbocycles. The number of nitrogens with one attached hydrogen (secondary N) is 1. The van der Waals surface area contributed by atoms with E-state index in [1.165, 1.54) is 12.1 Å². The van der Waals surface area contributed by atoms with E-state index in [0.717, 1.165) is 11.3 Å². The van der Waals surface area contributed by atoms with Crippen molar-refractivity contribution in [3.8, 4) is 5.75 Å². The van der Waals surface area contributed by atoms with Gasteiger partial charge < -0.3 is 9.64 Å². The molecule has 0 saturated heterocycles. The van der Waals surface area contributed by atoms with Crippen molar-refractivity contribution in [2.75, 3.05) is 20.2 Å². The minimum absolute atomic E-state index is 0.0762. The van der Waals surface area contributed by atoms with Gasteiger partial charge in [-0.25, -0.2) is 13.1 Å². The number of amides is 1. The number of rotatable bonds is 9. The van der Waals surface area contributed by atoms with Crippen molar-refractivity contribution in [3.05, 3.63) is 72.3 Å². The number of carbonyl (C=O) groups excluding carboxylic acids is 1. The van der Waals surface area contributed by atoms with Crippen LogP contribution in [0.4, 0.5) is 0 Å². The first-order valence-corrected chi connectivity index (χ1v) is 10.0. The van der Waals surface area contributed by atoms with Crippen molar-refractivity contribution in [2.45, 2.75) is 18.4 Å². The minimum atomic E-state index is -3.61. The Morgan fingerprint density at radius 1 is 1.22 bits per heavy atom. The van der Waals surface area contributed by atoms with Crippen LogP contribution in [-0.2, 0) is 16.6 Å². The van der Waals surface area contributed by atoms with Gasteiger partial charge in [0.2, 0.25) is 10.0 Å². The Morgan fingerprint density at radius 2 is 1.93 bits per heavy atom. The average Bonchev–Trinajstić information content (AvgIpc) is 2.67. The molecule has 0 unspecified atom stereocenters. The molecule has 2 aromatic carbocycles. The van der Waals surface area contributed by atoms with Crippen LogP contribution in [0.25, 0.3) is 0 Å². The van der Waals surface area contributed by atoms with Crippen LogP contribution in [-0.4, -0.2) is 39.4 Å². The van der Waals surface area contributed by atoms with Gasteiger partial charge in [-0.05, 0) is 35.9 Å². The lowest BCUT2D eigenvalue weighted by atomic mass is 10.1. The van der Waals surface area contributed by atoms with Crippen LogP contribution in [0, 0.1) is 0 Å². The van der Waals surface area contributed by atoms with Crippen LogP contribution >= 0.6 is 0 Å². The Kier molecular flexibility index (Phi) is 7.15. The number of nitrogens with zero attached hydrogens (tertiary/aromatic N) is 1. The Bertz CT molecular complexity index is 892. The molecule has 7 heteroatoms. The van der Waals surface area contributed by atoms with E-state index < -0.39 is 10.0 Å². The van der Waals surface area contributed by atoms with Crippen molar-refractivity contribution in [1.82, 2.24) is 9.62 Å². The Labute approximate surface area is 160 Å². The maximum Gasteiger partial charge on any atom is 0.253 e. The van der Waals surface area contributed by atoms with E-state index in [2.05, 4.69) is 11.3 Å². The summed E-state index contributed by atoms with van der Waals surface area (Å²) in [5, 5.41) is 0. The van der Waals surface area contributed by atoms with Crippen LogP contribution in [0.5, 0.6) is 5.75 Å². The molecule has 0 fully saturated rings. The molecule has 0 heterocycles. The predicted octanol–water partition coefficient (Wildman–Crippen LogP) is 2.82. The van der Waals surface area contributed by atoms with Crippen LogP contribution < -0.4 is 9.46 Å². The predicted molar refractivity (Wildman–Crippen MR) is 105 cm³/mol. The number of ether oxygens (including phenoxy) is 1. The normalized spacial score (nSPS) is 11.0. The number of hydrogen-bond donors (Lipinski definition) is 1. The van der Waals surface area contributed by atoms with E-state index in [1.807, 2.05) is 24.3 Å². The molecule has 144 valence electrons. The molecule has 2 aromatic rings. The van der Waals surface area contributed by atoms with Gasteiger partial charge in [-0.15, -0.1) is 0 Å². The van der Waals surface area contributed by atoms with Gasteiger partial charge in [0, 0.05) is 25.7 Å². The van der Waals surface area contributed by atoms with E-state index in [-0.39, 0.29) is 17.3 Å². The quantitative estimate of drug-likeness (QED) is 0.670. The highest BCUT2D eigenvalue weighted by Crippen LogP contribution is 2.16. The fourth-order valence-corrected chi connectivity index (χ4v) is 3.57. The monoisotopic (exact) mass is 388 g/mol. The molecule has 0 atom stereocenters. The maximum atomic E-state index is 12.7. The lowest BCUT2D eigenvalue weighted by Crippen LogP contribution is -2.27. The fraction of sp³-hybridized carbons (Fsp3) is 0.250. The highest BCUT2D eigenvalue weighted by Gasteiger charge is 2.17. The van der Waals surface area contributed by atoms with Gasteiger partial charge >= 0.3 is 0 Å². The van der Waals surface area contributed by atoms with Gasteiger partial charge in [0.05, 0.1) is 4.90 Å². The first-order chi connectivity index (χ1) is 12.9. The van der Waals surface area contributed by atoms with Crippen LogP contribution in [0.3, 0.4) is 0 Å². The van der Waals surface area contributed by atoms with E-state index >= 15 is 0 Å². The molecule has 0 spiro atoms. The first kappa shape index (κ1) is 20.7. The summed E-state index contributed by atoms with van der Waals surface area (Å²) in [6.45, 7) is 6.42. The largest absolute Gasteiger partial charge is 0.490 e. The van der Waals surface area contributed by atoms with E-state index in [1.54, 1.807) is 37.1 Å². The standard InChI is InChI=1S/C20H24N2O4S/c1-4-13-26-18-11-9-16(10-12-18)15-22(3)20(23)17-7-6-8-19(14-17)27(24,25)21-5-2/h4,6-12,14,21H,1,5,13,15H2,2-3H3. The summed E-state index contributed by atoms with van der Waals surface area (Å²) in [6.07, 6.45) is 1.67. The Balaban J connectivity index is 2.10. The van der Waals surface area contributed by atoms with E-state index in [4.69, 9.17) is 4.74 Å². The van der Waals surface area contributed by atoms with Crippen molar-refractivity contribution < 1.29 is 17.9 Å². The lowest BCUT2D eigenvalue weighted by molar-refractivity contribution is 0.0785. The molecule has 1 N–H and O–H groups in total. The summed E-state index contributed by atoms with van der Waals surface area (Å²) in [7, 11) is -1.93. The molecule has 1 amide bonds. The fourth-order valence-electron chi connectivity index (χ4n) is 2.48. The van der Waals surface area contributed by atoms with Crippen molar-refractivity contribution in [3.63, 3.8) is 0 Å². The van der Waals surface area contributed by atoms with Crippen molar-refractivity contribution in [2.24, 2.45) is 0 Å². The third-order valence-electron chi connectivity index (χ3n) is 3.78. The van der Waals surface area contributed by atoms with Gasteiger partial charge in [0.25, 0.3) is 5.91 Å². The molecule has 27 heavy (non-hydrogen) atoms. The molecular formula is C20H24N2O4S. The molecule has 0 aliphatic carbocycles. The van der Waals surface area contributed by atoms with Crippen molar-refractivity contribution in [1.29, 1.82) is 0 Å². The zero-order valence-electron chi connectivity index (χ0n) is 15.5. The second kappa shape index (κ2) is 9.34. The van der Waals surface area contributed by atoms with Crippen LogP contribution in [0.1, 0.15) is 22.8 Å². The van der Waals surface area contributed by atoms with Gasteiger partial charge in [-0.3, -0.25) is 4.79 Å². The second-order valence-electron chi connectivity index (χ2n) is 5.93. The summed E-state index contributed by atoms with van der Waals surface area (Å²) in [5.41, 5.74) is 1.26. The number of hydrogen-bond acceptors (Lipinski definition) is 4. The summed E-state index contributed by atoms with van der Waals surface area (Å²) >= 11 is 0. The van der Waals surface area contributed by atoms with E-state index in [0.29, 0.717) is 18.7 Å². The highest BCUT2D eigenvalue weighted by atomic mass is 32.2. The minimum Gasteiger partial charge on any atom is -0.490 e. The van der Waals surface area contributed by atoms with E-state index in [9.17, 15) is 13.2 Å². The third-order valence-corrected chi connectivity index (χ3v) is 5.33. The topological polar surface area (TPSA) is 75.7 Å². The molecule has 2 rings (SSSR count). The smallest absolute Gasteiger partial charge is 0.253 e. The van der Waals surface area contributed by atoms with Gasteiger partial charge in [0.15, 0.2) is 0 Å². The summed E-state index contributed by atoms with van der Waals surface area (Å²) in [4.78, 5) is 14.3. The Hall–Kier alpha value is -2.64. The van der Waals surface area contributed by atoms with Crippen LogP contribution in [0.2, 0.25) is 0 Å². The Morgan fingerprint density at radius 3 is 2.56 bits per heavy atom. The highest BCUT2D eigenvalue weighted by molar-refractivity contribution is 7.89. The van der Waals surface area contributed by atoms with Crippen molar-refractivity contribution >= 4 is 15.9 Å². The zero-order chi connectivity index (χ0) is 19.9. The molecule has 0 aliphatic rings. The van der Waals surface area contributed by atoms with Gasteiger partial charge in [0.1, 0.15) is 12.4 Å². The second-order valence-corrected chi connectivity index (χ2v) is 7.70. The average molecular weight is 388 g/mol. The zero-order valence-corrected chi connectivity index (χ0v) is 16.3. The number of benzene rings is 2. The van der Waals surface area contributed by atoms with Gasteiger partial charge in [-0.1, -0.05) is 37.8 Å². The molecule has 0 bridgehead atoms. The number of sulfonamides is 1. The molecule has 0 aromatic heterocycles. The maximum absolute atomic E-state index is 12.7. The van der Waals surface area contributed by atoms with Crippen LogP contribution in [0.15, 0.2) is 66.1 Å². The number of carbonyl (C=O) groups is 1. The lowest BCUT2D eigenvalue weighted by Gasteiger charge is -2.18.